The molecule has 1 aliphatic rings. The fraction of sp³-hybridized carbons (Fsp3) is 0.545. The van der Waals surface area contributed by atoms with Crippen LogP contribution in [0, 0.1) is 0 Å². The van der Waals surface area contributed by atoms with Crippen molar-refractivity contribution in [1.29, 1.82) is 0 Å². The summed E-state index contributed by atoms with van der Waals surface area (Å²) < 4.78 is 27.0. The molecule has 108 valence electrons. The molecule has 0 bridgehead atoms. The van der Waals surface area contributed by atoms with Crippen LogP contribution < -0.4 is 5.32 Å². The molecular formula is C11H17BrClN3O2S. The van der Waals surface area contributed by atoms with Gasteiger partial charge in [0, 0.05) is 29.8 Å². The van der Waals surface area contributed by atoms with Gasteiger partial charge in [0.1, 0.15) is 0 Å². The Kier molecular flexibility index (Phi) is 6.19. The van der Waals surface area contributed by atoms with Crippen LogP contribution in [-0.4, -0.2) is 43.9 Å². The molecule has 1 aromatic heterocycles. The third-order valence-corrected chi connectivity index (χ3v) is 5.35. The smallest absolute Gasteiger partial charge is 0.260 e. The first kappa shape index (κ1) is 16.8. The molecular weight excluding hydrogens is 354 g/mol. The monoisotopic (exact) mass is 369 g/mol. The van der Waals surface area contributed by atoms with Crippen molar-refractivity contribution in [3.05, 3.63) is 22.8 Å². The van der Waals surface area contributed by atoms with Gasteiger partial charge in [-0.2, -0.15) is 4.31 Å². The van der Waals surface area contributed by atoms with Crippen LogP contribution in [0.1, 0.15) is 12.8 Å². The van der Waals surface area contributed by atoms with Crippen LogP contribution in [0.5, 0.6) is 0 Å². The summed E-state index contributed by atoms with van der Waals surface area (Å²) in [6.45, 7) is 1.08. The van der Waals surface area contributed by atoms with E-state index in [-0.39, 0.29) is 23.5 Å². The van der Waals surface area contributed by atoms with E-state index in [1.54, 1.807) is 6.07 Å². The van der Waals surface area contributed by atoms with Crippen LogP contribution in [0.15, 0.2) is 27.8 Å². The fourth-order valence-electron chi connectivity index (χ4n) is 2.04. The van der Waals surface area contributed by atoms with Crippen LogP contribution in [0.2, 0.25) is 0 Å². The maximum Gasteiger partial charge on any atom is 0.260 e. The van der Waals surface area contributed by atoms with Gasteiger partial charge in [0.2, 0.25) is 0 Å². The van der Waals surface area contributed by atoms with Gasteiger partial charge in [0.15, 0.2) is 5.03 Å². The largest absolute Gasteiger partial charge is 0.316 e. The molecule has 2 heterocycles. The summed E-state index contributed by atoms with van der Waals surface area (Å²) in [7, 11) is -1.60. The second kappa shape index (κ2) is 6.99. The quantitative estimate of drug-likeness (QED) is 0.878. The molecule has 1 atom stereocenters. The standard InChI is InChI=1S/C11H16BrN3O2S.ClH/c1-13-10-3-2-6-15(8-10)18(16,17)11-5-4-9(12)7-14-11;/h4-5,7,10,13H,2-3,6,8H2,1H3;1H. The molecule has 0 spiro atoms. The Morgan fingerprint density at radius 2 is 2.21 bits per heavy atom. The number of rotatable bonds is 3. The molecule has 1 aliphatic heterocycles. The van der Waals surface area contributed by atoms with Crippen LogP contribution in [0.3, 0.4) is 0 Å². The summed E-state index contributed by atoms with van der Waals surface area (Å²) in [6, 6.07) is 3.45. The second-order valence-electron chi connectivity index (χ2n) is 4.31. The lowest BCUT2D eigenvalue weighted by atomic mass is 10.1. The molecule has 1 unspecified atom stereocenters. The third-order valence-electron chi connectivity index (χ3n) is 3.10. The SMILES string of the molecule is CNC1CCCN(S(=O)(=O)c2ccc(Br)cn2)C1.Cl. The van der Waals surface area contributed by atoms with Crippen molar-refractivity contribution in [1.82, 2.24) is 14.6 Å². The van der Waals surface area contributed by atoms with Crippen molar-refractivity contribution in [3.63, 3.8) is 0 Å². The predicted molar refractivity (Wildman–Crippen MR) is 80.0 cm³/mol. The summed E-state index contributed by atoms with van der Waals surface area (Å²) in [4.78, 5) is 3.98. The number of piperidine rings is 1. The number of nitrogens with one attached hydrogen (secondary N) is 1. The van der Waals surface area contributed by atoms with E-state index in [4.69, 9.17) is 0 Å². The number of halogens is 2. The van der Waals surface area contributed by atoms with Crippen molar-refractivity contribution in [2.75, 3.05) is 20.1 Å². The Hall–Kier alpha value is -0.210. The molecule has 0 aromatic carbocycles. The first-order valence-corrected chi connectivity index (χ1v) is 8.06. The molecule has 5 nitrogen and oxygen atoms in total. The highest BCUT2D eigenvalue weighted by molar-refractivity contribution is 9.10. The van der Waals surface area contributed by atoms with Gasteiger partial charge in [-0.3, -0.25) is 0 Å². The highest BCUT2D eigenvalue weighted by Gasteiger charge is 2.30. The van der Waals surface area contributed by atoms with E-state index in [1.807, 2.05) is 7.05 Å². The van der Waals surface area contributed by atoms with E-state index in [0.29, 0.717) is 13.1 Å². The number of aromatic nitrogens is 1. The topological polar surface area (TPSA) is 62.3 Å². The van der Waals surface area contributed by atoms with Gasteiger partial charge in [-0.25, -0.2) is 13.4 Å². The van der Waals surface area contributed by atoms with Crippen molar-refractivity contribution in [3.8, 4) is 0 Å². The average molecular weight is 371 g/mol. The highest BCUT2D eigenvalue weighted by Crippen LogP contribution is 2.20. The Morgan fingerprint density at radius 3 is 2.79 bits per heavy atom. The number of nitrogens with zero attached hydrogens (tertiary/aromatic N) is 2. The molecule has 1 N–H and O–H groups in total. The average Bonchev–Trinajstić information content (AvgIpc) is 2.39. The molecule has 0 amide bonds. The summed E-state index contributed by atoms with van der Waals surface area (Å²) in [6.07, 6.45) is 3.39. The van der Waals surface area contributed by atoms with E-state index < -0.39 is 10.0 Å². The first-order chi connectivity index (χ1) is 8.54. The lowest BCUT2D eigenvalue weighted by molar-refractivity contribution is 0.292. The van der Waals surface area contributed by atoms with Gasteiger partial charge in [-0.05, 0) is 48.0 Å². The summed E-state index contributed by atoms with van der Waals surface area (Å²) in [5.74, 6) is 0. The zero-order chi connectivity index (χ0) is 13.2. The maximum atomic E-state index is 12.4. The minimum absolute atomic E-state index is 0. The van der Waals surface area contributed by atoms with Gasteiger partial charge in [0.05, 0.1) is 0 Å². The summed E-state index contributed by atoms with van der Waals surface area (Å²) in [5.41, 5.74) is 0. The fourth-order valence-corrected chi connectivity index (χ4v) is 3.71. The zero-order valence-corrected chi connectivity index (χ0v) is 13.8. The Bertz CT molecular complexity index is 509. The lowest BCUT2D eigenvalue weighted by Gasteiger charge is -2.31. The van der Waals surface area contributed by atoms with Gasteiger partial charge in [-0.1, -0.05) is 0 Å². The van der Waals surface area contributed by atoms with Crippen LogP contribution in [0.4, 0.5) is 0 Å². The van der Waals surface area contributed by atoms with Crippen molar-refractivity contribution >= 4 is 38.4 Å². The van der Waals surface area contributed by atoms with Crippen LogP contribution >= 0.6 is 28.3 Å². The van der Waals surface area contributed by atoms with Gasteiger partial charge < -0.3 is 5.32 Å². The van der Waals surface area contributed by atoms with E-state index >= 15 is 0 Å². The number of pyridine rings is 1. The van der Waals surface area contributed by atoms with Crippen LogP contribution in [-0.2, 0) is 10.0 Å². The molecule has 0 saturated carbocycles. The number of hydrogen-bond donors (Lipinski definition) is 1. The minimum Gasteiger partial charge on any atom is -0.316 e. The van der Waals surface area contributed by atoms with Crippen molar-refractivity contribution in [2.24, 2.45) is 0 Å². The van der Waals surface area contributed by atoms with Crippen molar-refractivity contribution in [2.45, 2.75) is 23.9 Å². The molecule has 1 saturated heterocycles. The number of hydrogen-bond acceptors (Lipinski definition) is 4. The highest BCUT2D eigenvalue weighted by atomic mass is 79.9. The van der Waals surface area contributed by atoms with Gasteiger partial charge >= 0.3 is 0 Å². The van der Waals surface area contributed by atoms with Gasteiger partial charge in [-0.15, -0.1) is 12.4 Å². The zero-order valence-electron chi connectivity index (χ0n) is 10.5. The Balaban J connectivity index is 0.00000180. The molecule has 1 aromatic rings. The Labute approximate surface area is 128 Å². The van der Waals surface area contributed by atoms with Crippen molar-refractivity contribution < 1.29 is 8.42 Å². The van der Waals surface area contributed by atoms with E-state index in [2.05, 4.69) is 26.2 Å². The lowest BCUT2D eigenvalue weighted by Crippen LogP contribution is -2.47. The maximum absolute atomic E-state index is 12.4. The normalized spacial score (nSPS) is 20.8. The molecule has 2 rings (SSSR count). The van der Waals surface area contributed by atoms with Gasteiger partial charge in [0.25, 0.3) is 10.0 Å². The summed E-state index contributed by atoms with van der Waals surface area (Å²) in [5, 5.41) is 3.25. The molecule has 8 heteroatoms. The third kappa shape index (κ3) is 3.88. The molecule has 0 aliphatic carbocycles. The second-order valence-corrected chi connectivity index (χ2v) is 7.11. The number of likely N-dealkylation sites (N-methyl/N-ethyl adjacent to an activating group) is 1. The number of sulfonamides is 1. The molecule has 19 heavy (non-hydrogen) atoms. The molecule has 1 fully saturated rings. The molecule has 0 radical (unpaired) electrons. The first-order valence-electron chi connectivity index (χ1n) is 5.83. The minimum atomic E-state index is -3.46. The van der Waals surface area contributed by atoms with Crippen LogP contribution in [0.25, 0.3) is 0 Å². The van der Waals surface area contributed by atoms with E-state index in [1.165, 1.54) is 16.6 Å². The van der Waals surface area contributed by atoms with E-state index in [0.717, 1.165) is 17.3 Å². The summed E-state index contributed by atoms with van der Waals surface area (Å²) >= 11 is 3.25. The Morgan fingerprint density at radius 1 is 1.47 bits per heavy atom. The van der Waals surface area contributed by atoms with E-state index in [9.17, 15) is 8.42 Å². The predicted octanol–water partition coefficient (Wildman–Crippen LogP) is 1.64.